The minimum Gasteiger partial charge on any atom is -0.381 e. The minimum atomic E-state index is -0.671. The summed E-state index contributed by atoms with van der Waals surface area (Å²) in [5, 5.41) is 14.0. The Morgan fingerprint density at radius 2 is 2.17 bits per heavy atom. The van der Waals surface area contributed by atoms with Crippen molar-refractivity contribution in [2.24, 2.45) is 0 Å². The number of aryl methyl sites for hydroxylation is 1. The van der Waals surface area contributed by atoms with Crippen LogP contribution in [0.1, 0.15) is 22.4 Å². The van der Waals surface area contributed by atoms with E-state index in [4.69, 9.17) is 0 Å². The number of fused-ring (bicyclic) bond motifs is 1. The third-order valence-corrected chi connectivity index (χ3v) is 3.83. The lowest BCUT2D eigenvalue weighted by atomic mass is 10.1. The molecular formula is C14H12N2OS. The summed E-state index contributed by atoms with van der Waals surface area (Å²) in [7, 11) is 0. The van der Waals surface area contributed by atoms with Crippen LogP contribution in [0.2, 0.25) is 0 Å². The molecule has 0 radical (unpaired) electrons. The molecule has 3 nitrogen and oxygen atoms in total. The number of hydrogen-bond acceptors (Lipinski definition) is 4. The molecule has 1 unspecified atom stereocenters. The van der Waals surface area contributed by atoms with E-state index in [0.717, 1.165) is 27.2 Å². The third-order valence-electron chi connectivity index (χ3n) is 2.82. The Morgan fingerprint density at radius 3 is 2.94 bits per heavy atom. The van der Waals surface area contributed by atoms with Crippen molar-refractivity contribution in [3.8, 4) is 0 Å². The van der Waals surface area contributed by atoms with Crippen LogP contribution >= 0.6 is 11.3 Å². The second kappa shape index (κ2) is 4.48. The molecule has 0 amide bonds. The van der Waals surface area contributed by atoms with Crippen LogP contribution in [0.4, 0.5) is 0 Å². The normalized spacial score (nSPS) is 12.8. The molecule has 1 N–H and O–H groups in total. The number of thiazole rings is 1. The van der Waals surface area contributed by atoms with Gasteiger partial charge in [-0.15, -0.1) is 11.3 Å². The van der Waals surface area contributed by atoms with Crippen molar-refractivity contribution in [1.29, 1.82) is 0 Å². The first-order chi connectivity index (χ1) is 8.74. The van der Waals surface area contributed by atoms with Crippen molar-refractivity contribution in [2.45, 2.75) is 13.0 Å². The highest BCUT2D eigenvalue weighted by molar-refractivity contribution is 7.09. The number of rotatable bonds is 2. The molecule has 0 saturated heterocycles. The van der Waals surface area contributed by atoms with Gasteiger partial charge in [0.1, 0.15) is 11.1 Å². The van der Waals surface area contributed by atoms with Crippen LogP contribution in [0.3, 0.4) is 0 Å². The maximum Gasteiger partial charge on any atom is 0.131 e. The molecule has 0 fully saturated rings. The van der Waals surface area contributed by atoms with Crippen LogP contribution in [-0.4, -0.2) is 15.1 Å². The minimum absolute atomic E-state index is 0.671. The van der Waals surface area contributed by atoms with Crippen LogP contribution in [0.25, 0.3) is 10.9 Å². The lowest BCUT2D eigenvalue weighted by Crippen LogP contribution is -1.99. The van der Waals surface area contributed by atoms with Crippen molar-refractivity contribution in [3.05, 3.63) is 58.2 Å². The van der Waals surface area contributed by atoms with E-state index in [-0.39, 0.29) is 0 Å². The molecular weight excluding hydrogens is 244 g/mol. The molecule has 3 aromatic rings. The van der Waals surface area contributed by atoms with Crippen LogP contribution < -0.4 is 0 Å². The van der Waals surface area contributed by atoms with Crippen LogP contribution in [0.5, 0.6) is 0 Å². The van der Waals surface area contributed by atoms with Crippen molar-refractivity contribution in [3.63, 3.8) is 0 Å². The molecule has 2 heterocycles. The zero-order valence-corrected chi connectivity index (χ0v) is 10.7. The average molecular weight is 256 g/mol. The number of benzene rings is 1. The van der Waals surface area contributed by atoms with Gasteiger partial charge >= 0.3 is 0 Å². The molecule has 0 aliphatic carbocycles. The van der Waals surface area contributed by atoms with Gasteiger partial charge in [-0.05, 0) is 24.6 Å². The number of aromatic nitrogens is 2. The Labute approximate surface area is 109 Å². The van der Waals surface area contributed by atoms with Gasteiger partial charge in [-0.25, -0.2) is 4.98 Å². The van der Waals surface area contributed by atoms with Crippen molar-refractivity contribution < 1.29 is 5.11 Å². The van der Waals surface area contributed by atoms with Gasteiger partial charge in [0.2, 0.25) is 0 Å². The van der Waals surface area contributed by atoms with E-state index < -0.39 is 6.10 Å². The highest BCUT2D eigenvalue weighted by Crippen LogP contribution is 2.26. The van der Waals surface area contributed by atoms with Crippen molar-refractivity contribution >= 4 is 22.2 Å². The molecule has 3 rings (SSSR count). The van der Waals surface area contributed by atoms with E-state index in [2.05, 4.69) is 9.97 Å². The first-order valence-electron chi connectivity index (χ1n) is 5.69. The van der Waals surface area contributed by atoms with Gasteiger partial charge in [-0.1, -0.05) is 18.2 Å². The molecule has 0 saturated carbocycles. The fourth-order valence-electron chi connectivity index (χ4n) is 1.89. The van der Waals surface area contributed by atoms with E-state index in [0.29, 0.717) is 0 Å². The standard InChI is InChI=1S/C14H12N2OS/c1-9-8-18-14(16-9)13(17)11-5-4-10-3-2-6-15-12(10)7-11/h2-8,13,17H,1H3. The second-order valence-electron chi connectivity index (χ2n) is 4.19. The Bertz CT molecular complexity index is 693. The summed E-state index contributed by atoms with van der Waals surface area (Å²) in [5.41, 5.74) is 2.66. The quantitative estimate of drug-likeness (QED) is 0.766. The van der Waals surface area contributed by atoms with Gasteiger partial charge in [-0.3, -0.25) is 4.98 Å². The Morgan fingerprint density at radius 1 is 1.28 bits per heavy atom. The number of aliphatic hydroxyl groups excluding tert-OH is 1. The van der Waals surface area contributed by atoms with E-state index in [1.54, 1.807) is 6.20 Å². The largest absolute Gasteiger partial charge is 0.381 e. The number of pyridine rings is 1. The highest BCUT2D eigenvalue weighted by atomic mass is 32.1. The molecule has 1 atom stereocenters. The fraction of sp³-hybridized carbons (Fsp3) is 0.143. The van der Waals surface area contributed by atoms with E-state index in [9.17, 15) is 5.11 Å². The number of aliphatic hydroxyl groups is 1. The summed E-state index contributed by atoms with van der Waals surface area (Å²) in [4.78, 5) is 8.61. The maximum absolute atomic E-state index is 10.3. The first-order valence-corrected chi connectivity index (χ1v) is 6.57. The van der Waals surface area contributed by atoms with E-state index >= 15 is 0 Å². The van der Waals surface area contributed by atoms with E-state index in [1.165, 1.54) is 11.3 Å². The molecule has 0 aliphatic heterocycles. The molecule has 0 aliphatic rings. The predicted molar refractivity (Wildman–Crippen MR) is 72.7 cm³/mol. The lowest BCUT2D eigenvalue weighted by Gasteiger charge is -2.08. The fourth-order valence-corrected chi connectivity index (χ4v) is 2.70. The first kappa shape index (κ1) is 11.3. The third kappa shape index (κ3) is 2.00. The molecule has 0 spiro atoms. The van der Waals surface area contributed by atoms with Gasteiger partial charge in [0.15, 0.2) is 0 Å². The van der Waals surface area contributed by atoms with Crippen molar-refractivity contribution in [2.75, 3.05) is 0 Å². The maximum atomic E-state index is 10.3. The van der Waals surface area contributed by atoms with Gasteiger partial charge in [0.05, 0.1) is 5.52 Å². The predicted octanol–water partition coefficient (Wildman–Crippen LogP) is 3.08. The SMILES string of the molecule is Cc1csc(C(O)c2ccc3cccnc3c2)n1. The summed E-state index contributed by atoms with van der Waals surface area (Å²) in [6.07, 6.45) is 1.08. The van der Waals surface area contributed by atoms with Crippen LogP contribution in [-0.2, 0) is 0 Å². The Kier molecular flexibility index (Phi) is 2.81. The van der Waals surface area contributed by atoms with Crippen LogP contribution in [0.15, 0.2) is 41.9 Å². The summed E-state index contributed by atoms with van der Waals surface area (Å²) in [6.45, 7) is 1.93. The zero-order valence-electron chi connectivity index (χ0n) is 9.87. The molecule has 1 aromatic carbocycles. The summed E-state index contributed by atoms with van der Waals surface area (Å²) in [5.74, 6) is 0. The number of hydrogen-bond donors (Lipinski definition) is 1. The molecule has 2 aromatic heterocycles. The number of nitrogens with zero attached hydrogens (tertiary/aromatic N) is 2. The molecule has 4 heteroatoms. The Hall–Kier alpha value is -1.78. The highest BCUT2D eigenvalue weighted by Gasteiger charge is 2.14. The van der Waals surface area contributed by atoms with Gasteiger partial charge < -0.3 is 5.11 Å². The molecule has 18 heavy (non-hydrogen) atoms. The van der Waals surface area contributed by atoms with E-state index in [1.807, 2.05) is 42.6 Å². The monoisotopic (exact) mass is 256 g/mol. The second-order valence-corrected chi connectivity index (χ2v) is 5.07. The topological polar surface area (TPSA) is 46.0 Å². The van der Waals surface area contributed by atoms with Gasteiger partial charge in [-0.2, -0.15) is 0 Å². The van der Waals surface area contributed by atoms with Crippen LogP contribution in [0, 0.1) is 6.92 Å². The van der Waals surface area contributed by atoms with Crippen molar-refractivity contribution in [1.82, 2.24) is 9.97 Å². The zero-order chi connectivity index (χ0) is 12.5. The lowest BCUT2D eigenvalue weighted by molar-refractivity contribution is 0.220. The molecule has 0 bridgehead atoms. The molecule has 90 valence electrons. The average Bonchev–Trinajstić information content (AvgIpc) is 2.84. The van der Waals surface area contributed by atoms with Gasteiger partial charge in [0, 0.05) is 22.7 Å². The van der Waals surface area contributed by atoms with Gasteiger partial charge in [0.25, 0.3) is 0 Å². The summed E-state index contributed by atoms with van der Waals surface area (Å²) >= 11 is 1.48. The smallest absolute Gasteiger partial charge is 0.131 e. The summed E-state index contributed by atoms with van der Waals surface area (Å²) < 4.78 is 0. The Balaban J connectivity index is 2.03. The summed E-state index contributed by atoms with van der Waals surface area (Å²) in [6, 6.07) is 9.72.